The number of fused-ring (bicyclic) bond motifs is 1. The van der Waals surface area contributed by atoms with Gasteiger partial charge in [0.1, 0.15) is 6.54 Å². The molecule has 0 spiro atoms. The molecule has 0 radical (unpaired) electrons. The Morgan fingerprint density at radius 3 is 2.61 bits per heavy atom. The van der Waals surface area contributed by atoms with Crippen molar-refractivity contribution in [3.05, 3.63) is 40.2 Å². The molecule has 8 heteroatoms. The summed E-state index contributed by atoms with van der Waals surface area (Å²) < 4.78 is 2.79. The number of anilines is 1. The van der Waals surface area contributed by atoms with Gasteiger partial charge in [-0.3, -0.25) is 14.4 Å². The van der Waals surface area contributed by atoms with Crippen molar-refractivity contribution in [2.75, 3.05) is 32.1 Å². The fraction of sp³-hybridized carbons (Fsp3) is 0.450. The lowest BCUT2D eigenvalue weighted by Crippen LogP contribution is -2.36. The molecule has 3 rings (SSSR count). The summed E-state index contributed by atoms with van der Waals surface area (Å²) in [7, 11) is 4.07. The van der Waals surface area contributed by atoms with Crippen molar-refractivity contribution in [3.63, 3.8) is 0 Å². The van der Waals surface area contributed by atoms with E-state index in [9.17, 15) is 4.79 Å². The number of hydrogen-bond donors (Lipinski definition) is 0. The van der Waals surface area contributed by atoms with Crippen LogP contribution in [0.2, 0.25) is 5.02 Å². The molecule has 6 nitrogen and oxygen atoms in total. The topological polar surface area (TPSA) is 54.3 Å². The van der Waals surface area contributed by atoms with E-state index < -0.39 is 0 Å². The van der Waals surface area contributed by atoms with E-state index in [1.165, 1.54) is 11.3 Å². The number of benzene rings is 1. The zero-order valence-corrected chi connectivity index (χ0v) is 18.6. The van der Waals surface area contributed by atoms with Crippen molar-refractivity contribution in [2.45, 2.75) is 33.7 Å². The van der Waals surface area contributed by atoms with Crippen LogP contribution < -0.4 is 4.90 Å². The van der Waals surface area contributed by atoms with Gasteiger partial charge in [-0.25, -0.2) is 4.98 Å². The second-order valence-electron chi connectivity index (χ2n) is 7.30. The number of aryl methyl sites for hydroxylation is 3. The minimum Gasteiger partial charge on any atom is -0.309 e. The van der Waals surface area contributed by atoms with E-state index >= 15 is 0 Å². The first-order valence-electron chi connectivity index (χ1n) is 9.28. The van der Waals surface area contributed by atoms with E-state index in [4.69, 9.17) is 16.6 Å². The quantitative estimate of drug-likeness (QED) is 0.579. The molecule has 0 aliphatic carbocycles. The van der Waals surface area contributed by atoms with E-state index in [0.717, 1.165) is 40.1 Å². The van der Waals surface area contributed by atoms with Gasteiger partial charge in [0.05, 0.1) is 15.9 Å². The Kier molecular flexibility index (Phi) is 6.37. The van der Waals surface area contributed by atoms with Crippen molar-refractivity contribution in [2.24, 2.45) is 0 Å². The molecule has 28 heavy (non-hydrogen) atoms. The van der Waals surface area contributed by atoms with Crippen LogP contribution in [0.15, 0.2) is 18.2 Å². The average Bonchev–Trinajstić information content (AvgIpc) is 3.18. The maximum atomic E-state index is 13.2. The number of rotatable bonds is 7. The number of aromatic nitrogens is 3. The van der Waals surface area contributed by atoms with Crippen molar-refractivity contribution in [1.82, 2.24) is 19.7 Å². The summed E-state index contributed by atoms with van der Waals surface area (Å²) in [4.78, 5) is 21.8. The molecule has 0 N–H and O–H groups in total. The van der Waals surface area contributed by atoms with Crippen LogP contribution in [0.1, 0.15) is 23.4 Å². The van der Waals surface area contributed by atoms with E-state index in [-0.39, 0.29) is 12.5 Å². The number of halogens is 1. The van der Waals surface area contributed by atoms with Crippen LogP contribution >= 0.6 is 22.9 Å². The molecule has 0 saturated carbocycles. The lowest BCUT2D eigenvalue weighted by molar-refractivity contribution is -0.119. The van der Waals surface area contributed by atoms with Crippen LogP contribution in [-0.4, -0.2) is 52.8 Å². The third kappa shape index (κ3) is 4.54. The average molecular weight is 420 g/mol. The molecular formula is C20H26ClN5OS. The molecule has 2 aromatic heterocycles. The minimum atomic E-state index is -0.00670. The molecule has 0 aliphatic heterocycles. The molecule has 0 bridgehead atoms. The first-order chi connectivity index (χ1) is 13.3. The Morgan fingerprint density at radius 2 is 1.96 bits per heavy atom. The third-order valence-corrected chi connectivity index (χ3v) is 6.10. The van der Waals surface area contributed by atoms with Crippen molar-refractivity contribution >= 4 is 44.2 Å². The van der Waals surface area contributed by atoms with Gasteiger partial charge in [0.25, 0.3) is 5.91 Å². The van der Waals surface area contributed by atoms with Gasteiger partial charge in [-0.15, -0.1) is 0 Å². The predicted octanol–water partition coefficient (Wildman–Crippen LogP) is 4.06. The first kappa shape index (κ1) is 20.8. The highest BCUT2D eigenvalue weighted by Crippen LogP contribution is 2.33. The minimum absolute atomic E-state index is 0.00670. The summed E-state index contributed by atoms with van der Waals surface area (Å²) in [5.41, 5.74) is 3.70. The van der Waals surface area contributed by atoms with Crippen LogP contribution in [0, 0.1) is 20.8 Å². The van der Waals surface area contributed by atoms with Gasteiger partial charge in [-0.1, -0.05) is 22.9 Å². The monoisotopic (exact) mass is 419 g/mol. The van der Waals surface area contributed by atoms with Crippen LogP contribution in [-0.2, 0) is 11.3 Å². The zero-order valence-electron chi connectivity index (χ0n) is 17.0. The van der Waals surface area contributed by atoms with Crippen LogP contribution in [0.5, 0.6) is 0 Å². The van der Waals surface area contributed by atoms with Crippen LogP contribution in [0.3, 0.4) is 0 Å². The van der Waals surface area contributed by atoms with Crippen molar-refractivity contribution < 1.29 is 4.79 Å². The third-order valence-electron chi connectivity index (χ3n) is 4.64. The summed E-state index contributed by atoms with van der Waals surface area (Å²) >= 11 is 7.78. The Bertz CT molecular complexity index is 994. The van der Waals surface area contributed by atoms with Crippen molar-refractivity contribution in [3.8, 4) is 0 Å². The predicted molar refractivity (Wildman–Crippen MR) is 117 cm³/mol. The summed E-state index contributed by atoms with van der Waals surface area (Å²) in [6.45, 7) is 7.58. The highest BCUT2D eigenvalue weighted by molar-refractivity contribution is 7.22. The Morgan fingerprint density at radius 1 is 1.21 bits per heavy atom. The molecule has 1 aromatic carbocycles. The van der Waals surface area contributed by atoms with Gasteiger partial charge in [-0.05, 0) is 71.6 Å². The van der Waals surface area contributed by atoms with Gasteiger partial charge < -0.3 is 4.90 Å². The molecule has 150 valence electrons. The Labute approximate surface area is 174 Å². The smallest absolute Gasteiger partial charge is 0.250 e. The first-order valence-corrected chi connectivity index (χ1v) is 10.5. The molecule has 0 fully saturated rings. The fourth-order valence-corrected chi connectivity index (χ4v) is 4.35. The standard InChI is InChI=1S/C20H26ClN5OS/c1-13-11-14(2)26(23-13)12-18(27)25(10-6-9-24(4)5)20-22-19-15(3)16(21)7-8-17(19)28-20/h7-8,11H,6,9-10,12H2,1-5H3. The number of nitrogens with zero attached hydrogens (tertiary/aromatic N) is 5. The zero-order chi connectivity index (χ0) is 20.4. The number of hydrogen-bond acceptors (Lipinski definition) is 5. The molecule has 3 aromatic rings. The van der Waals surface area contributed by atoms with E-state index in [1.54, 1.807) is 9.58 Å². The fourth-order valence-electron chi connectivity index (χ4n) is 3.12. The van der Waals surface area contributed by atoms with Gasteiger partial charge >= 0.3 is 0 Å². The maximum absolute atomic E-state index is 13.2. The Hall–Kier alpha value is -1.96. The van der Waals surface area contributed by atoms with Gasteiger partial charge in [-0.2, -0.15) is 5.10 Å². The lowest BCUT2D eigenvalue weighted by atomic mass is 10.2. The second kappa shape index (κ2) is 8.59. The summed E-state index contributed by atoms with van der Waals surface area (Å²) in [6.07, 6.45) is 0.867. The van der Waals surface area contributed by atoms with E-state index in [2.05, 4.69) is 10.00 Å². The number of carbonyl (C=O) groups is 1. The largest absolute Gasteiger partial charge is 0.309 e. The summed E-state index contributed by atoms with van der Waals surface area (Å²) in [5, 5.41) is 5.84. The van der Waals surface area contributed by atoms with Crippen molar-refractivity contribution in [1.29, 1.82) is 0 Å². The number of carbonyl (C=O) groups excluding carboxylic acids is 1. The maximum Gasteiger partial charge on any atom is 0.250 e. The molecular weight excluding hydrogens is 394 g/mol. The van der Waals surface area contributed by atoms with Gasteiger partial charge in [0, 0.05) is 17.3 Å². The lowest BCUT2D eigenvalue weighted by Gasteiger charge is -2.21. The molecule has 0 saturated heterocycles. The highest BCUT2D eigenvalue weighted by Gasteiger charge is 2.21. The van der Waals surface area contributed by atoms with E-state index in [0.29, 0.717) is 16.7 Å². The molecule has 0 atom stereocenters. The van der Waals surface area contributed by atoms with Crippen LogP contribution in [0.4, 0.5) is 5.13 Å². The molecule has 0 unspecified atom stereocenters. The SMILES string of the molecule is Cc1cc(C)n(CC(=O)N(CCCN(C)C)c2nc3c(C)c(Cl)ccc3s2)n1. The van der Waals surface area contributed by atoms with Gasteiger partial charge in [0.15, 0.2) is 5.13 Å². The summed E-state index contributed by atoms with van der Waals surface area (Å²) in [5.74, 6) is -0.00670. The number of thiazole rings is 1. The normalized spacial score (nSPS) is 11.5. The Balaban J connectivity index is 1.90. The second-order valence-corrected chi connectivity index (χ2v) is 8.72. The summed E-state index contributed by atoms with van der Waals surface area (Å²) in [6, 6.07) is 5.83. The molecule has 1 amide bonds. The van der Waals surface area contributed by atoms with E-state index in [1.807, 2.05) is 53.1 Å². The van der Waals surface area contributed by atoms with Gasteiger partial charge in [0.2, 0.25) is 0 Å². The number of amides is 1. The molecule has 2 heterocycles. The van der Waals surface area contributed by atoms with Crippen LogP contribution in [0.25, 0.3) is 10.2 Å². The highest BCUT2D eigenvalue weighted by atomic mass is 35.5. The molecule has 0 aliphatic rings.